The van der Waals surface area contributed by atoms with Gasteiger partial charge in [-0.05, 0) is 37.6 Å². The number of rotatable bonds is 7. The molecule has 1 N–H and O–H groups in total. The van der Waals surface area contributed by atoms with Crippen LogP contribution in [0.2, 0.25) is 0 Å². The van der Waals surface area contributed by atoms with Crippen LogP contribution in [0.25, 0.3) is 10.1 Å². The summed E-state index contributed by atoms with van der Waals surface area (Å²) in [5.74, 6) is 0.165. The Morgan fingerprint density at radius 3 is 2.44 bits per heavy atom. The molecule has 2 aromatic carbocycles. The van der Waals surface area contributed by atoms with Crippen LogP contribution >= 0.6 is 11.3 Å². The number of hydrogen-bond donors (Lipinski definition) is 1. The lowest BCUT2D eigenvalue weighted by Gasteiger charge is -2.08. The van der Waals surface area contributed by atoms with Crippen LogP contribution in [-0.4, -0.2) is 25.1 Å². The number of anilines is 1. The fourth-order valence-electron chi connectivity index (χ4n) is 2.77. The van der Waals surface area contributed by atoms with Gasteiger partial charge in [-0.2, -0.15) is 0 Å². The summed E-state index contributed by atoms with van der Waals surface area (Å²) in [6, 6.07) is 15.0. The van der Waals surface area contributed by atoms with Gasteiger partial charge in [0.05, 0.1) is 19.6 Å². The smallest absolute Gasteiger partial charge is 0.341 e. The molecule has 1 heterocycles. The van der Waals surface area contributed by atoms with Crippen LogP contribution in [0.4, 0.5) is 5.00 Å². The standard InChI is InChI=1S/C21H21NO4S/c1-3-25-15-11-9-14(10-12-15)13-18(23)22-20-19(21(24)26-4-2)16-7-5-6-8-17(16)27-20/h5-12H,3-4,13H2,1-2H3,(H,22,23). The second kappa shape index (κ2) is 8.68. The molecular weight excluding hydrogens is 362 g/mol. The van der Waals surface area contributed by atoms with E-state index in [0.717, 1.165) is 21.4 Å². The third-order valence-electron chi connectivity index (χ3n) is 3.93. The highest BCUT2D eigenvalue weighted by Gasteiger charge is 2.21. The van der Waals surface area contributed by atoms with E-state index in [4.69, 9.17) is 9.47 Å². The van der Waals surface area contributed by atoms with Crippen molar-refractivity contribution in [2.24, 2.45) is 0 Å². The Bertz CT molecular complexity index is 946. The average Bonchev–Trinajstić information content (AvgIpc) is 3.01. The Balaban J connectivity index is 1.79. The van der Waals surface area contributed by atoms with E-state index >= 15 is 0 Å². The number of amides is 1. The maximum absolute atomic E-state index is 12.5. The third kappa shape index (κ3) is 4.46. The second-order valence-corrected chi connectivity index (χ2v) is 6.88. The van der Waals surface area contributed by atoms with Crippen LogP contribution < -0.4 is 10.1 Å². The number of carbonyl (C=O) groups is 2. The molecule has 0 fully saturated rings. The molecule has 0 aliphatic carbocycles. The highest BCUT2D eigenvalue weighted by Crippen LogP contribution is 2.36. The Hall–Kier alpha value is -2.86. The number of thiophene rings is 1. The van der Waals surface area contributed by atoms with Gasteiger partial charge in [0.1, 0.15) is 16.3 Å². The summed E-state index contributed by atoms with van der Waals surface area (Å²) in [5.41, 5.74) is 1.28. The fraction of sp³-hybridized carbons (Fsp3) is 0.238. The fourth-order valence-corrected chi connectivity index (χ4v) is 3.87. The zero-order valence-corrected chi connectivity index (χ0v) is 16.1. The van der Waals surface area contributed by atoms with Crippen molar-refractivity contribution < 1.29 is 19.1 Å². The van der Waals surface area contributed by atoms with Gasteiger partial charge in [-0.25, -0.2) is 4.79 Å². The van der Waals surface area contributed by atoms with Crippen LogP contribution in [0.3, 0.4) is 0 Å². The van der Waals surface area contributed by atoms with E-state index in [1.54, 1.807) is 6.92 Å². The van der Waals surface area contributed by atoms with E-state index in [9.17, 15) is 9.59 Å². The molecule has 0 saturated carbocycles. The molecule has 1 aromatic heterocycles. The third-order valence-corrected chi connectivity index (χ3v) is 5.01. The van der Waals surface area contributed by atoms with Crippen LogP contribution in [-0.2, 0) is 16.0 Å². The molecule has 27 heavy (non-hydrogen) atoms. The molecule has 0 saturated heterocycles. The number of nitrogens with one attached hydrogen (secondary N) is 1. The summed E-state index contributed by atoms with van der Waals surface area (Å²) in [5, 5.41) is 4.18. The number of hydrogen-bond acceptors (Lipinski definition) is 5. The highest BCUT2D eigenvalue weighted by atomic mass is 32.1. The maximum Gasteiger partial charge on any atom is 0.341 e. The molecule has 0 aliphatic rings. The SMILES string of the molecule is CCOC(=O)c1c(NC(=O)Cc2ccc(OCC)cc2)sc2ccccc12. The van der Waals surface area contributed by atoms with Crippen molar-refractivity contribution in [1.29, 1.82) is 0 Å². The van der Waals surface area contributed by atoms with Gasteiger partial charge in [0.2, 0.25) is 5.91 Å². The summed E-state index contributed by atoms with van der Waals surface area (Å²) in [4.78, 5) is 24.9. The topological polar surface area (TPSA) is 64.6 Å². The molecule has 1 amide bonds. The monoisotopic (exact) mass is 383 g/mol. The Kier molecular flexibility index (Phi) is 6.08. The minimum absolute atomic E-state index is 0.184. The number of ether oxygens (including phenoxy) is 2. The second-order valence-electron chi connectivity index (χ2n) is 5.82. The van der Waals surface area contributed by atoms with Gasteiger partial charge < -0.3 is 14.8 Å². The highest BCUT2D eigenvalue weighted by molar-refractivity contribution is 7.23. The molecule has 0 aliphatic heterocycles. The number of fused-ring (bicyclic) bond motifs is 1. The van der Waals surface area contributed by atoms with Crippen molar-refractivity contribution in [1.82, 2.24) is 0 Å². The Morgan fingerprint density at radius 1 is 1.00 bits per heavy atom. The van der Waals surface area contributed by atoms with Crippen molar-refractivity contribution in [3.63, 3.8) is 0 Å². The van der Waals surface area contributed by atoms with E-state index in [1.807, 2.05) is 55.5 Å². The van der Waals surface area contributed by atoms with E-state index in [-0.39, 0.29) is 18.9 Å². The van der Waals surface area contributed by atoms with Crippen molar-refractivity contribution in [2.75, 3.05) is 18.5 Å². The molecule has 0 atom stereocenters. The van der Waals surface area contributed by atoms with Crippen molar-refractivity contribution >= 4 is 38.3 Å². The minimum Gasteiger partial charge on any atom is -0.494 e. The molecule has 0 spiro atoms. The lowest BCUT2D eigenvalue weighted by atomic mass is 10.1. The van der Waals surface area contributed by atoms with Gasteiger partial charge in [0.15, 0.2) is 0 Å². The average molecular weight is 383 g/mol. The number of carbonyl (C=O) groups excluding carboxylic acids is 2. The van der Waals surface area contributed by atoms with E-state index in [2.05, 4.69) is 5.32 Å². The van der Waals surface area contributed by atoms with Crippen molar-refractivity contribution in [3.8, 4) is 5.75 Å². The predicted octanol–water partition coefficient (Wildman–Crippen LogP) is 4.66. The van der Waals surface area contributed by atoms with E-state index in [0.29, 0.717) is 17.2 Å². The van der Waals surface area contributed by atoms with E-state index < -0.39 is 5.97 Å². The summed E-state index contributed by atoms with van der Waals surface area (Å²) >= 11 is 1.37. The number of benzene rings is 2. The maximum atomic E-state index is 12.5. The summed E-state index contributed by atoms with van der Waals surface area (Å²) < 4.78 is 11.5. The summed E-state index contributed by atoms with van der Waals surface area (Å²) in [6.07, 6.45) is 0.211. The molecule has 0 bridgehead atoms. The molecule has 0 unspecified atom stereocenters. The normalized spacial score (nSPS) is 10.6. The Morgan fingerprint density at radius 2 is 1.74 bits per heavy atom. The summed E-state index contributed by atoms with van der Waals surface area (Å²) in [7, 11) is 0. The van der Waals surface area contributed by atoms with Crippen LogP contribution in [0.1, 0.15) is 29.8 Å². The molecule has 5 nitrogen and oxygen atoms in total. The van der Waals surface area contributed by atoms with Gasteiger partial charge in [-0.3, -0.25) is 4.79 Å². The Labute approximate surface area is 161 Å². The largest absolute Gasteiger partial charge is 0.494 e. The van der Waals surface area contributed by atoms with Gasteiger partial charge in [0, 0.05) is 10.1 Å². The first kappa shape index (κ1) is 18.9. The predicted molar refractivity (Wildman–Crippen MR) is 108 cm³/mol. The van der Waals surface area contributed by atoms with Crippen LogP contribution in [0, 0.1) is 0 Å². The van der Waals surface area contributed by atoms with Gasteiger partial charge >= 0.3 is 5.97 Å². The van der Waals surface area contributed by atoms with E-state index in [1.165, 1.54) is 11.3 Å². The minimum atomic E-state index is -0.425. The molecule has 3 rings (SSSR count). The zero-order valence-electron chi connectivity index (χ0n) is 15.3. The van der Waals surface area contributed by atoms with Gasteiger partial charge in [-0.1, -0.05) is 30.3 Å². The first-order chi connectivity index (χ1) is 13.1. The summed E-state index contributed by atoms with van der Waals surface area (Å²) in [6.45, 7) is 4.56. The first-order valence-electron chi connectivity index (χ1n) is 8.82. The van der Waals surface area contributed by atoms with Crippen molar-refractivity contribution in [2.45, 2.75) is 20.3 Å². The quantitative estimate of drug-likeness (QED) is 0.603. The number of esters is 1. The molecule has 0 radical (unpaired) electrons. The zero-order chi connectivity index (χ0) is 19.2. The van der Waals surface area contributed by atoms with Crippen LogP contribution in [0.15, 0.2) is 48.5 Å². The lowest BCUT2D eigenvalue weighted by Crippen LogP contribution is -2.16. The first-order valence-corrected chi connectivity index (χ1v) is 9.64. The molecule has 140 valence electrons. The van der Waals surface area contributed by atoms with Gasteiger partial charge in [0.25, 0.3) is 0 Å². The molecule has 6 heteroatoms. The lowest BCUT2D eigenvalue weighted by molar-refractivity contribution is -0.115. The van der Waals surface area contributed by atoms with Crippen molar-refractivity contribution in [3.05, 3.63) is 59.7 Å². The molecule has 3 aromatic rings. The molecular formula is C21H21NO4S. The van der Waals surface area contributed by atoms with Gasteiger partial charge in [-0.15, -0.1) is 11.3 Å². The van der Waals surface area contributed by atoms with Crippen LogP contribution in [0.5, 0.6) is 5.75 Å².